The number of anilines is 1. The highest BCUT2D eigenvalue weighted by Crippen LogP contribution is 2.32. The van der Waals surface area contributed by atoms with E-state index in [-0.39, 0.29) is 6.10 Å². The molecule has 7 heterocycles. The lowest BCUT2D eigenvalue weighted by Crippen LogP contribution is -2.44. The van der Waals surface area contributed by atoms with Gasteiger partial charge in [0.25, 0.3) is 0 Å². The summed E-state index contributed by atoms with van der Waals surface area (Å²) >= 11 is 0. The molecule has 0 spiro atoms. The molecule has 2 fully saturated rings. The van der Waals surface area contributed by atoms with E-state index in [2.05, 4.69) is 64.4 Å². The highest BCUT2D eigenvalue weighted by Gasteiger charge is 2.21. The van der Waals surface area contributed by atoms with Crippen molar-refractivity contribution in [3.63, 3.8) is 0 Å². The average Bonchev–Trinajstić information content (AvgIpc) is 3.58. The predicted molar refractivity (Wildman–Crippen MR) is 146 cm³/mol. The van der Waals surface area contributed by atoms with Gasteiger partial charge in [0, 0.05) is 55.9 Å². The van der Waals surface area contributed by atoms with Gasteiger partial charge in [-0.3, -0.25) is 10.1 Å². The number of ether oxygens (including phenoxy) is 1. The van der Waals surface area contributed by atoms with Gasteiger partial charge < -0.3 is 24.8 Å². The number of piperazine rings is 1. The molecule has 2 aliphatic rings. The Bertz CT molecular complexity index is 1580. The first-order valence-electron chi connectivity index (χ1n) is 13.2. The summed E-state index contributed by atoms with van der Waals surface area (Å²) in [6, 6.07) is 6.17. The first kappa shape index (κ1) is 23.1. The molecule has 0 aromatic carbocycles. The van der Waals surface area contributed by atoms with Gasteiger partial charge in [0.1, 0.15) is 23.1 Å². The normalized spacial score (nSPS) is 17.4. The minimum Gasteiger partial charge on any atom is -0.489 e. The van der Waals surface area contributed by atoms with Crippen molar-refractivity contribution in [3.8, 4) is 28.4 Å². The molecule has 2 aliphatic heterocycles. The number of piperidine rings is 1. The van der Waals surface area contributed by atoms with E-state index in [1.807, 2.05) is 24.7 Å². The summed E-state index contributed by atoms with van der Waals surface area (Å²) in [5, 5.41) is 11.8. The van der Waals surface area contributed by atoms with Crippen LogP contribution < -0.4 is 15.0 Å². The fourth-order valence-corrected chi connectivity index (χ4v) is 5.31. The van der Waals surface area contributed by atoms with E-state index in [1.165, 1.54) is 0 Å². The predicted octanol–water partition coefficient (Wildman–Crippen LogP) is 2.84. The van der Waals surface area contributed by atoms with Crippen LogP contribution in [0.3, 0.4) is 0 Å². The van der Waals surface area contributed by atoms with Crippen LogP contribution >= 0.6 is 0 Å². The van der Waals surface area contributed by atoms with Crippen molar-refractivity contribution in [1.82, 2.24) is 45.3 Å². The second-order valence-corrected chi connectivity index (χ2v) is 10.1. The molecule has 11 nitrogen and oxygen atoms in total. The number of likely N-dealkylation sites (N-methyl/N-ethyl adjacent to an activating group) is 1. The molecule has 0 bridgehead atoms. The van der Waals surface area contributed by atoms with Crippen LogP contribution in [0.5, 0.6) is 5.75 Å². The minimum atomic E-state index is 0.215. The van der Waals surface area contributed by atoms with Crippen molar-refractivity contribution in [2.45, 2.75) is 18.9 Å². The third-order valence-corrected chi connectivity index (χ3v) is 7.50. The van der Waals surface area contributed by atoms with Crippen molar-refractivity contribution in [2.75, 3.05) is 51.2 Å². The van der Waals surface area contributed by atoms with E-state index in [1.54, 1.807) is 6.20 Å². The highest BCUT2D eigenvalue weighted by atomic mass is 16.5. The summed E-state index contributed by atoms with van der Waals surface area (Å²) in [7, 11) is 2.16. The maximum Gasteiger partial charge on any atom is 0.181 e. The van der Waals surface area contributed by atoms with Crippen LogP contribution in [0.1, 0.15) is 12.8 Å². The summed E-state index contributed by atoms with van der Waals surface area (Å²) in [5.41, 5.74) is 6.05. The minimum absolute atomic E-state index is 0.215. The Morgan fingerprint density at radius 3 is 2.66 bits per heavy atom. The molecular weight excluding hydrogens is 480 g/mol. The molecule has 0 saturated carbocycles. The van der Waals surface area contributed by atoms with Crippen molar-refractivity contribution in [3.05, 3.63) is 43.0 Å². The van der Waals surface area contributed by atoms with Gasteiger partial charge in [-0.05, 0) is 51.2 Å². The SMILES string of the molecule is CN1CCN(c2ccnc3nc(-c4[nH]nc5ncc(-c6cncc(OC7CCNCC7)c6)cc45)[nH]c23)CC1. The molecule has 0 unspecified atom stereocenters. The number of rotatable bonds is 5. The van der Waals surface area contributed by atoms with Gasteiger partial charge in [-0.1, -0.05) is 0 Å². The Kier molecular flexibility index (Phi) is 5.86. The Hall–Kier alpha value is -4.09. The molecule has 5 aromatic rings. The Morgan fingerprint density at radius 1 is 0.947 bits per heavy atom. The summed E-state index contributed by atoms with van der Waals surface area (Å²) < 4.78 is 6.21. The molecule has 0 aliphatic carbocycles. The molecule has 5 aromatic heterocycles. The Labute approximate surface area is 219 Å². The maximum atomic E-state index is 6.21. The summed E-state index contributed by atoms with van der Waals surface area (Å²) in [6.45, 7) is 5.97. The number of imidazole rings is 1. The quantitative estimate of drug-likeness (QED) is 0.327. The second kappa shape index (κ2) is 9.66. The van der Waals surface area contributed by atoms with Crippen molar-refractivity contribution >= 4 is 27.9 Å². The molecule has 0 atom stereocenters. The molecular formula is C27H30N10O. The zero-order valence-electron chi connectivity index (χ0n) is 21.3. The third-order valence-electron chi connectivity index (χ3n) is 7.50. The van der Waals surface area contributed by atoms with Gasteiger partial charge in [-0.15, -0.1) is 0 Å². The van der Waals surface area contributed by atoms with E-state index in [9.17, 15) is 0 Å². The van der Waals surface area contributed by atoms with E-state index >= 15 is 0 Å². The van der Waals surface area contributed by atoms with Crippen LogP contribution in [-0.4, -0.2) is 92.4 Å². The number of hydrogen-bond acceptors (Lipinski definition) is 9. The molecule has 3 N–H and O–H groups in total. The number of aromatic nitrogens is 7. The fourth-order valence-electron chi connectivity index (χ4n) is 5.31. The summed E-state index contributed by atoms with van der Waals surface area (Å²) in [6.07, 6.45) is 9.48. The third kappa shape index (κ3) is 4.33. The summed E-state index contributed by atoms with van der Waals surface area (Å²) in [4.78, 5) is 26.6. The zero-order valence-corrected chi connectivity index (χ0v) is 21.3. The molecule has 0 amide bonds. The summed E-state index contributed by atoms with van der Waals surface area (Å²) in [5.74, 6) is 1.47. The number of nitrogens with zero attached hydrogens (tertiary/aromatic N) is 7. The zero-order chi connectivity index (χ0) is 25.5. The maximum absolute atomic E-state index is 6.21. The molecule has 7 rings (SSSR count). The van der Waals surface area contributed by atoms with E-state index < -0.39 is 0 Å². The largest absolute Gasteiger partial charge is 0.489 e. The standard InChI is InChI=1S/C27H30N10O/c1-36-8-10-37(11-9-36)22-4-7-30-26-24(22)32-27(33-26)23-21-13-18(15-31-25(21)35-34-23)17-12-20(16-29-14-17)38-19-2-5-28-6-3-19/h4,7,12-16,19,28H,2-3,5-6,8-11H2,1H3,(H,30,32,33)(H,31,34,35). The molecule has 0 radical (unpaired) electrons. The number of pyridine rings is 3. The lowest BCUT2D eigenvalue weighted by atomic mass is 10.1. The van der Waals surface area contributed by atoms with Crippen molar-refractivity contribution in [1.29, 1.82) is 0 Å². The van der Waals surface area contributed by atoms with Gasteiger partial charge in [0.15, 0.2) is 17.1 Å². The van der Waals surface area contributed by atoms with Crippen LogP contribution in [0.2, 0.25) is 0 Å². The second-order valence-electron chi connectivity index (χ2n) is 10.1. The Balaban J connectivity index is 1.22. The molecule has 2 saturated heterocycles. The first-order chi connectivity index (χ1) is 18.7. The van der Waals surface area contributed by atoms with Crippen molar-refractivity contribution in [2.24, 2.45) is 0 Å². The number of nitrogens with one attached hydrogen (secondary N) is 3. The topological polar surface area (TPSA) is 124 Å². The van der Waals surface area contributed by atoms with Crippen LogP contribution in [0.25, 0.3) is 44.8 Å². The smallest absolute Gasteiger partial charge is 0.181 e. The Morgan fingerprint density at radius 2 is 1.79 bits per heavy atom. The van der Waals surface area contributed by atoms with Crippen LogP contribution in [0.15, 0.2) is 43.0 Å². The van der Waals surface area contributed by atoms with Crippen LogP contribution in [0.4, 0.5) is 5.69 Å². The van der Waals surface area contributed by atoms with Crippen LogP contribution in [0, 0.1) is 0 Å². The van der Waals surface area contributed by atoms with Gasteiger partial charge in [-0.2, -0.15) is 5.10 Å². The number of fused-ring (bicyclic) bond motifs is 2. The lowest BCUT2D eigenvalue weighted by Gasteiger charge is -2.34. The van der Waals surface area contributed by atoms with Gasteiger partial charge in [0.2, 0.25) is 0 Å². The van der Waals surface area contributed by atoms with Crippen LogP contribution in [-0.2, 0) is 0 Å². The van der Waals surface area contributed by atoms with Crippen molar-refractivity contribution < 1.29 is 4.74 Å². The first-order valence-corrected chi connectivity index (χ1v) is 13.2. The molecule has 194 valence electrons. The lowest BCUT2D eigenvalue weighted by molar-refractivity contribution is 0.162. The van der Waals surface area contributed by atoms with Gasteiger partial charge >= 0.3 is 0 Å². The number of H-pyrrole nitrogens is 2. The monoisotopic (exact) mass is 510 g/mol. The fraction of sp³-hybridized carbons (Fsp3) is 0.370. The molecule has 11 heteroatoms. The van der Waals surface area contributed by atoms with E-state index in [4.69, 9.17) is 9.72 Å². The van der Waals surface area contributed by atoms with Gasteiger partial charge in [-0.25, -0.2) is 15.0 Å². The average molecular weight is 511 g/mol. The van der Waals surface area contributed by atoms with E-state index in [0.29, 0.717) is 17.1 Å². The highest BCUT2D eigenvalue weighted by molar-refractivity contribution is 5.95. The molecule has 38 heavy (non-hydrogen) atoms. The number of hydrogen-bond donors (Lipinski definition) is 3. The number of aromatic amines is 2. The van der Waals surface area contributed by atoms with E-state index in [0.717, 1.165) is 91.3 Å². The van der Waals surface area contributed by atoms with Gasteiger partial charge in [0.05, 0.1) is 17.3 Å².